The first-order chi connectivity index (χ1) is 25.0. The number of allylic oxidation sites excluding steroid dienone is 9. The van der Waals surface area contributed by atoms with Crippen LogP contribution in [0.2, 0.25) is 5.15 Å². The minimum Gasteiger partial charge on any atom is -0.478 e. The van der Waals surface area contributed by atoms with E-state index in [1.54, 1.807) is 6.92 Å². The molecule has 0 amide bonds. The van der Waals surface area contributed by atoms with Crippen molar-refractivity contribution in [3.8, 4) is 22.5 Å². The fourth-order valence-corrected chi connectivity index (χ4v) is 5.73. The largest absolute Gasteiger partial charge is 0.478 e. The zero-order valence-electron chi connectivity index (χ0n) is 31.4. The third-order valence-electron chi connectivity index (χ3n) is 8.34. The van der Waals surface area contributed by atoms with Crippen LogP contribution in [0.1, 0.15) is 97.1 Å². The normalized spacial score (nSPS) is 12.2. The molecule has 0 unspecified atom stereocenters. The SMILES string of the molecule is CC(C)=CCC/C(C)=C/CC/C(C)=C/C=C/C(C)=C/C(=O)O.CCCCc1nc(Cl)c(CO)n1Cc1ccc(-c2ccccc2-c2nn[nH]n2)cc1. The average molecular weight is 725 g/mol. The highest BCUT2D eigenvalue weighted by molar-refractivity contribution is 6.30. The summed E-state index contributed by atoms with van der Waals surface area (Å²) in [7, 11) is 0. The van der Waals surface area contributed by atoms with Crippen LogP contribution < -0.4 is 0 Å². The third kappa shape index (κ3) is 14.0. The van der Waals surface area contributed by atoms with Crippen molar-refractivity contribution >= 4 is 17.6 Å². The number of halogens is 1. The van der Waals surface area contributed by atoms with Crippen molar-refractivity contribution < 1.29 is 15.0 Å². The summed E-state index contributed by atoms with van der Waals surface area (Å²) in [5, 5.41) is 33.2. The molecule has 0 fully saturated rings. The van der Waals surface area contributed by atoms with Gasteiger partial charge in [-0.05, 0) is 94.2 Å². The van der Waals surface area contributed by atoms with Gasteiger partial charge in [0.15, 0.2) is 5.15 Å². The number of carboxylic acids is 1. The lowest BCUT2D eigenvalue weighted by Gasteiger charge is -2.12. The maximum absolute atomic E-state index is 10.5. The number of aryl methyl sites for hydroxylation is 1. The van der Waals surface area contributed by atoms with Crippen LogP contribution in [0, 0.1) is 0 Å². The number of tetrazole rings is 1. The molecule has 0 radical (unpaired) electrons. The fourth-order valence-electron chi connectivity index (χ4n) is 5.47. The van der Waals surface area contributed by atoms with Crippen LogP contribution in [0.4, 0.5) is 0 Å². The van der Waals surface area contributed by atoms with Crippen LogP contribution in [0.3, 0.4) is 0 Å². The van der Waals surface area contributed by atoms with Gasteiger partial charge in [-0.3, -0.25) is 0 Å². The number of unbranched alkanes of at least 4 members (excludes halogenated alkanes) is 1. The summed E-state index contributed by atoms with van der Waals surface area (Å²) in [5.74, 6) is 0.574. The summed E-state index contributed by atoms with van der Waals surface area (Å²) in [6.45, 7) is 13.0. The summed E-state index contributed by atoms with van der Waals surface area (Å²) < 4.78 is 2.03. The van der Waals surface area contributed by atoms with Gasteiger partial charge in [0.2, 0.25) is 5.82 Å². The number of nitrogens with zero attached hydrogens (tertiary/aromatic N) is 5. The number of H-pyrrole nitrogens is 1. The molecule has 52 heavy (non-hydrogen) atoms. The molecule has 0 saturated heterocycles. The van der Waals surface area contributed by atoms with Gasteiger partial charge < -0.3 is 14.8 Å². The number of benzene rings is 2. The molecular formula is C42H53ClN6O3. The Hall–Kier alpha value is -4.86. The highest BCUT2D eigenvalue weighted by Crippen LogP contribution is 2.30. The minimum absolute atomic E-state index is 0.131. The standard InChI is InChI=1S/C22H23ClN6O.C20H30O2/c1-2-3-8-20-24-21(23)19(14-30)29(20)13-15-9-11-16(12-10-15)17-6-4-5-7-18(17)22-25-27-28-26-22;1-16(2)9-6-10-17(3)11-7-12-18(4)13-8-14-19(5)15-20(21)22/h4-7,9-12,30H,2-3,8,13-14H2,1H3,(H,25,26,27,28);8-9,11,13-15H,6-7,10,12H2,1-5H3,(H,21,22)/b;14-8+,17-11+,18-13+,19-15+. The first-order valence-electron chi connectivity index (χ1n) is 17.8. The molecule has 0 aliphatic rings. The van der Waals surface area contributed by atoms with E-state index in [1.165, 1.54) is 22.8 Å². The first-order valence-corrected chi connectivity index (χ1v) is 18.2. The van der Waals surface area contributed by atoms with Crippen LogP contribution in [0.25, 0.3) is 22.5 Å². The minimum atomic E-state index is -0.906. The van der Waals surface area contributed by atoms with Crippen LogP contribution in [0.15, 0.2) is 107 Å². The Morgan fingerprint density at radius 1 is 0.942 bits per heavy atom. The predicted molar refractivity (Wildman–Crippen MR) is 212 cm³/mol. The summed E-state index contributed by atoms with van der Waals surface area (Å²) in [4.78, 5) is 15.0. The van der Waals surface area contributed by atoms with Gasteiger partial charge in [0, 0.05) is 24.6 Å². The number of hydrogen-bond donors (Lipinski definition) is 3. The molecule has 4 aromatic rings. The number of aliphatic carboxylic acids is 1. The van der Waals surface area contributed by atoms with Crippen molar-refractivity contribution in [3.63, 3.8) is 0 Å². The number of carboxylic acid groups (broad SMARTS) is 1. The Morgan fingerprint density at radius 2 is 1.63 bits per heavy atom. The van der Waals surface area contributed by atoms with Crippen LogP contribution in [-0.4, -0.2) is 46.4 Å². The monoisotopic (exact) mass is 724 g/mol. The van der Waals surface area contributed by atoms with Crippen LogP contribution >= 0.6 is 11.6 Å². The number of aliphatic hydroxyl groups excluding tert-OH is 1. The molecule has 0 spiro atoms. The maximum atomic E-state index is 10.5. The average Bonchev–Trinajstić information content (AvgIpc) is 3.75. The Bertz CT molecular complexity index is 1860. The van der Waals surface area contributed by atoms with Crippen LogP contribution in [-0.2, 0) is 24.4 Å². The van der Waals surface area contributed by atoms with Gasteiger partial charge in [0.05, 0.1) is 12.3 Å². The molecule has 0 aliphatic heterocycles. The topological polar surface area (TPSA) is 130 Å². The Balaban J connectivity index is 0.000000297. The van der Waals surface area contributed by atoms with Gasteiger partial charge >= 0.3 is 5.97 Å². The molecule has 276 valence electrons. The van der Waals surface area contributed by atoms with Crippen molar-refractivity contribution in [2.24, 2.45) is 0 Å². The summed E-state index contributed by atoms with van der Waals surface area (Å²) in [6, 6.07) is 16.3. The zero-order chi connectivity index (χ0) is 37.9. The van der Waals surface area contributed by atoms with Crippen molar-refractivity contribution in [3.05, 3.63) is 130 Å². The number of aliphatic hydroxyl groups is 1. The lowest BCUT2D eigenvalue weighted by molar-refractivity contribution is -0.131. The molecule has 3 N–H and O–H groups in total. The first kappa shape index (κ1) is 41.6. The van der Waals surface area contributed by atoms with E-state index in [1.807, 2.05) is 47.1 Å². The zero-order valence-corrected chi connectivity index (χ0v) is 32.1. The third-order valence-corrected chi connectivity index (χ3v) is 8.64. The van der Waals surface area contributed by atoms with E-state index in [9.17, 15) is 9.90 Å². The molecule has 4 rings (SSSR count). The van der Waals surface area contributed by atoms with Gasteiger partial charge in [-0.25, -0.2) is 9.78 Å². The summed E-state index contributed by atoms with van der Waals surface area (Å²) in [5.41, 5.74) is 9.66. The lowest BCUT2D eigenvalue weighted by Crippen LogP contribution is -2.09. The molecule has 2 heterocycles. The molecule has 0 aliphatic carbocycles. The molecule has 0 bridgehead atoms. The van der Waals surface area contributed by atoms with Gasteiger partial charge in [-0.15, -0.1) is 10.2 Å². The van der Waals surface area contributed by atoms with E-state index in [-0.39, 0.29) is 6.61 Å². The van der Waals surface area contributed by atoms with Gasteiger partial charge in [-0.1, -0.05) is 121 Å². The van der Waals surface area contributed by atoms with E-state index >= 15 is 0 Å². The van der Waals surface area contributed by atoms with E-state index in [2.05, 4.69) is 96.6 Å². The van der Waals surface area contributed by atoms with E-state index in [0.717, 1.165) is 78.6 Å². The number of aromatic amines is 1. The molecule has 0 saturated carbocycles. The number of nitrogens with one attached hydrogen (secondary N) is 1. The smallest absolute Gasteiger partial charge is 0.328 e. The second-order valence-electron chi connectivity index (χ2n) is 13.1. The second-order valence-corrected chi connectivity index (χ2v) is 13.5. The number of carbonyl (C=O) groups is 1. The van der Waals surface area contributed by atoms with E-state index < -0.39 is 5.97 Å². The molecule has 2 aromatic carbocycles. The molecular weight excluding hydrogens is 672 g/mol. The number of hydrogen-bond acceptors (Lipinski definition) is 6. The van der Waals surface area contributed by atoms with Gasteiger partial charge in [-0.2, -0.15) is 5.21 Å². The Kier molecular flexibility index (Phi) is 17.7. The Morgan fingerprint density at radius 3 is 2.27 bits per heavy atom. The number of aromatic nitrogens is 6. The molecule has 2 aromatic heterocycles. The highest BCUT2D eigenvalue weighted by Gasteiger charge is 2.16. The van der Waals surface area contributed by atoms with Crippen LogP contribution in [0.5, 0.6) is 0 Å². The van der Waals surface area contributed by atoms with E-state index in [0.29, 0.717) is 23.2 Å². The number of imidazole rings is 1. The fraction of sp³-hybridized carbons (Fsp3) is 0.357. The van der Waals surface area contributed by atoms with E-state index in [4.69, 9.17) is 16.7 Å². The van der Waals surface area contributed by atoms with Gasteiger partial charge in [0.25, 0.3) is 0 Å². The molecule has 0 atom stereocenters. The molecule has 9 nitrogen and oxygen atoms in total. The van der Waals surface area contributed by atoms with Gasteiger partial charge in [0.1, 0.15) is 5.82 Å². The highest BCUT2D eigenvalue weighted by atomic mass is 35.5. The maximum Gasteiger partial charge on any atom is 0.328 e. The predicted octanol–water partition coefficient (Wildman–Crippen LogP) is 10.3. The summed E-state index contributed by atoms with van der Waals surface area (Å²) >= 11 is 6.26. The van der Waals surface area contributed by atoms with Crippen molar-refractivity contribution in [2.75, 3.05) is 0 Å². The Labute approximate surface area is 313 Å². The van der Waals surface area contributed by atoms with Crippen molar-refractivity contribution in [1.82, 2.24) is 30.2 Å². The summed E-state index contributed by atoms with van der Waals surface area (Å²) in [6.07, 6.45) is 18.9. The molecule has 10 heteroatoms. The lowest BCUT2D eigenvalue weighted by atomic mass is 9.98. The second kappa shape index (κ2) is 22.2. The quantitative estimate of drug-likeness (QED) is 0.0561. The number of rotatable bonds is 17. The van der Waals surface area contributed by atoms with Crippen molar-refractivity contribution in [1.29, 1.82) is 0 Å². The van der Waals surface area contributed by atoms with Crippen molar-refractivity contribution in [2.45, 2.75) is 99.6 Å².